The SMILES string of the molecule is COc1ccccc1NC(=O)OCCN1CCN(c2ccc(C)cc2)CC1. The molecule has 1 saturated heterocycles. The van der Waals surface area contributed by atoms with E-state index in [9.17, 15) is 4.79 Å². The Labute approximate surface area is 160 Å². The molecule has 1 fully saturated rings. The van der Waals surface area contributed by atoms with Crippen LogP contribution in [0.15, 0.2) is 48.5 Å². The molecule has 1 N–H and O–H groups in total. The van der Waals surface area contributed by atoms with Crippen molar-refractivity contribution in [1.29, 1.82) is 0 Å². The lowest BCUT2D eigenvalue weighted by molar-refractivity contribution is 0.137. The van der Waals surface area contributed by atoms with E-state index in [4.69, 9.17) is 9.47 Å². The average molecular weight is 369 g/mol. The number of hydrogen-bond donors (Lipinski definition) is 1. The molecule has 0 radical (unpaired) electrons. The molecule has 1 aliphatic heterocycles. The van der Waals surface area contributed by atoms with Crippen LogP contribution in [0.1, 0.15) is 5.56 Å². The predicted molar refractivity (Wildman–Crippen MR) is 108 cm³/mol. The lowest BCUT2D eigenvalue weighted by atomic mass is 10.2. The molecule has 1 amide bonds. The molecular formula is C21H27N3O3. The first-order valence-corrected chi connectivity index (χ1v) is 9.26. The molecule has 6 nitrogen and oxygen atoms in total. The maximum absolute atomic E-state index is 12.0. The maximum Gasteiger partial charge on any atom is 0.411 e. The van der Waals surface area contributed by atoms with E-state index in [-0.39, 0.29) is 0 Å². The molecule has 0 bridgehead atoms. The fourth-order valence-electron chi connectivity index (χ4n) is 3.15. The Morgan fingerprint density at radius 2 is 1.74 bits per heavy atom. The molecule has 0 saturated carbocycles. The van der Waals surface area contributed by atoms with Gasteiger partial charge in [-0.05, 0) is 31.2 Å². The first-order chi connectivity index (χ1) is 13.2. The van der Waals surface area contributed by atoms with Gasteiger partial charge in [0.05, 0.1) is 12.8 Å². The number of methoxy groups -OCH3 is 1. The highest BCUT2D eigenvalue weighted by atomic mass is 16.5. The van der Waals surface area contributed by atoms with Crippen molar-refractivity contribution in [1.82, 2.24) is 4.90 Å². The van der Waals surface area contributed by atoms with E-state index in [0.29, 0.717) is 18.0 Å². The normalized spacial score (nSPS) is 14.7. The Bertz CT molecular complexity index is 741. The molecule has 0 spiro atoms. The number of benzene rings is 2. The Hall–Kier alpha value is -2.73. The van der Waals surface area contributed by atoms with Gasteiger partial charge in [-0.25, -0.2) is 4.79 Å². The van der Waals surface area contributed by atoms with Crippen molar-refractivity contribution in [3.05, 3.63) is 54.1 Å². The van der Waals surface area contributed by atoms with E-state index in [2.05, 4.69) is 46.3 Å². The van der Waals surface area contributed by atoms with Gasteiger partial charge in [-0.1, -0.05) is 29.8 Å². The van der Waals surface area contributed by atoms with Crippen LogP contribution in [0.3, 0.4) is 0 Å². The average Bonchev–Trinajstić information content (AvgIpc) is 2.69. The van der Waals surface area contributed by atoms with Crippen molar-refractivity contribution in [2.45, 2.75) is 6.92 Å². The largest absolute Gasteiger partial charge is 0.495 e. The second-order valence-corrected chi connectivity index (χ2v) is 6.63. The minimum absolute atomic E-state index is 0.367. The molecule has 0 unspecified atom stereocenters. The van der Waals surface area contributed by atoms with Crippen LogP contribution in [0.25, 0.3) is 0 Å². The number of carbonyl (C=O) groups is 1. The zero-order valence-corrected chi connectivity index (χ0v) is 16.0. The van der Waals surface area contributed by atoms with Crippen LogP contribution in [-0.2, 0) is 4.74 Å². The number of para-hydroxylation sites is 2. The summed E-state index contributed by atoms with van der Waals surface area (Å²) in [7, 11) is 1.57. The van der Waals surface area contributed by atoms with Gasteiger partial charge in [-0.15, -0.1) is 0 Å². The highest BCUT2D eigenvalue weighted by Crippen LogP contribution is 2.23. The standard InChI is InChI=1S/C21H27N3O3/c1-17-7-9-18(10-8-17)24-13-11-23(12-14-24)15-16-27-21(25)22-19-5-3-4-6-20(19)26-2/h3-10H,11-16H2,1-2H3,(H,22,25). The Balaban J connectivity index is 1.37. The Kier molecular flexibility index (Phi) is 6.54. The summed E-state index contributed by atoms with van der Waals surface area (Å²) in [5, 5.41) is 2.72. The van der Waals surface area contributed by atoms with Crippen molar-refractivity contribution < 1.29 is 14.3 Å². The smallest absolute Gasteiger partial charge is 0.411 e. The number of piperazine rings is 1. The fraction of sp³-hybridized carbons (Fsp3) is 0.381. The molecule has 3 rings (SSSR count). The third-order valence-electron chi connectivity index (χ3n) is 4.76. The highest BCUT2D eigenvalue weighted by Gasteiger charge is 2.17. The topological polar surface area (TPSA) is 54.0 Å². The van der Waals surface area contributed by atoms with Gasteiger partial charge in [0.2, 0.25) is 0 Å². The van der Waals surface area contributed by atoms with Gasteiger partial charge < -0.3 is 14.4 Å². The third kappa shape index (κ3) is 5.37. The molecule has 2 aromatic carbocycles. The third-order valence-corrected chi connectivity index (χ3v) is 4.76. The summed E-state index contributed by atoms with van der Waals surface area (Å²) >= 11 is 0. The summed E-state index contributed by atoms with van der Waals surface area (Å²) in [6, 6.07) is 15.9. The van der Waals surface area contributed by atoms with Crippen molar-refractivity contribution in [2.24, 2.45) is 0 Å². The van der Waals surface area contributed by atoms with Gasteiger partial charge in [-0.3, -0.25) is 10.2 Å². The summed E-state index contributed by atoms with van der Waals surface area (Å²) < 4.78 is 10.5. The van der Waals surface area contributed by atoms with Crippen molar-refractivity contribution in [3.63, 3.8) is 0 Å². The number of amides is 1. The number of nitrogens with zero attached hydrogens (tertiary/aromatic N) is 2. The number of nitrogens with one attached hydrogen (secondary N) is 1. The van der Waals surface area contributed by atoms with E-state index in [1.807, 2.05) is 12.1 Å². The first-order valence-electron chi connectivity index (χ1n) is 9.26. The molecule has 0 atom stereocenters. The van der Waals surface area contributed by atoms with Crippen LogP contribution < -0.4 is 15.0 Å². The van der Waals surface area contributed by atoms with Crippen molar-refractivity contribution >= 4 is 17.5 Å². The molecule has 0 aliphatic carbocycles. The van der Waals surface area contributed by atoms with E-state index < -0.39 is 6.09 Å². The van der Waals surface area contributed by atoms with Crippen LogP contribution >= 0.6 is 0 Å². The van der Waals surface area contributed by atoms with Crippen molar-refractivity contribution in [3.8, 4) is 5.75 Å². The van der Waals surface area contributed by atoms with Gasteiger partial charge >= 0.3 is 6.09 Å². The van der Waals surface area contributed by atoms with Crippen LogP contribution in [0.4, 0.5) is 16.2 Å². The first kappa shape index (κ1) is 19.0. The van der Waals surface area contributed by atoms with Crippen LogP contribution in [0.2, 0.25) is 0 Å². The van der Waals surface area contributed by atoms with Gasteiger partial charge in [0.15, 0.2) is 0 Å². The minimum Gasteiger partial charge on any atom is -0.495 e. The van der Waals surface area contributed by atoms with E-state index in [1.54, 1.807) is 19.2 Å². The number of hydrogen-bond acceptors (Lipinski definition) is 5. The van der Waals surface area contributed by atoms with Gasteiger partial charge in [0.25, 0.3) is 0 Å². The summed E-state index contributed by atoms with van der Waals surface area (Å²) in [6.07, 6.45) is -0.460. The maximum atomic E-state index is 12.0. The Morgan fingerprint density at radius 1 is 1.04 bits per heavy atom. The second kappa shape index (κ2) is 9.28. The van der Waals surface area contributed by atoms with Gasteiger partial charge in [-0.2, -0.15) is 0 Å². The summed E-state index contributed by atoms with van der Waals surface area (Å²) in [5.74, 6) is 0.613. The quantitative estimate of drug-likeness (QED) is 0.846. The lowest BCUT2D eigenvalue weighted by Crippen LogP contribution is -2.47. The van der Waals surface area contributed by atoms with E-state index in [0.717, 1.165) is 32.7 Å². The second-order valence-electron chi connectivity index (χ2n) is 6.63. The molecule has 1 aliphatic rings. The van der Waals surface area contributed by atoms with E-state index >= 15 is 0 Å². The molecule has 1 heterocycles. The molecule has 6 heteroatoms. The van der Waals surface area contributed by atoms with Gasteiger partial charge in [0.1, 0.15) is 12.4 Å². The molecular weight excluding hydrogens is 342 g/mol. The minimum atomic E-state index is -0.460. The van der Waals surface area contributed by atoms with Crippen LogP contribution in [0.5, 0.6) is 5.75 Å². The highest BCUT2D eigenvalue weighted by molar-refractivity contribution is 5.86. The molecule has 27 heavy (non-hydrogen) atoms. The zero-order valence-electron chi connectivity index (χ0n) is 16.0. The summed E-state index contributed by atoms with van der Waals surface area (Å²) in [6.45, 7) is 7.10. The number of anilines is 2. The summed E-state index contributed by atoms with van der Waals surface area (Å²) in [5.41, 5.74) is 3.16. The predicted octanol–water partition coefficient (Wildman–Crippen LogP) is 3.37. The number of ether oxygens (including phenoxy) is 2. The molecule has 0 aromatic heterocycles. The monoisotopic (exact) mass is 369 g/mol. The number of carbonyl (C=O) groups excluding carboxylic acids is 1. The molecule has 144 valence electrons. The Morgan fingerprint density at radius 3 is 2.44 bits per heavy atom. The fourth-order valence-corrected chi connectivity index (χ4v) is 3.15. The van der Waals surface area contributed by atoms with Crippen LogP contribution in [0, 0.1) is 6.92 Å². The van der Waals surface area contributed by atoms with E-state index in [1.165, 1.54) is 11.3 Å². The summed E-state index contributed by atoms with van der Waals surface area (Å²) in [4.78, 5) is 16.7. The number of rotatable bonds is 6. The van der Waals surface area contributed by atoms with Gasteiger partial charge in [0, 0.05) is 38.4 Å². The van der Waals surface area contributed by atoms with Crippen molar-refractivity contribution in [2.75, 3.05) is 56.7 Å². The lowest BCUT2D eigenvalue weighted by Gasteiger charge is -2.36. The zero-order chi connectivity index (χ0) is 19.1. The number of aryl methyl sites for hydroxylation is 1. The van der Waals surface area contributed by atoms with Crippen LogP contribution in [-0.4, -0.2) is 57.4 Å². The molecule has 2 aromatic rings.